The van der Waals surface area contributed by atoms with Gasteiger partial charge in [0.25, 0.3) is 0 Å². The number of likely N-dealkylation sites (N-methyl/N-ethyl adjacent to an activating group) is 1. The minimum atomic E-state index is -0.616. The highest BCUT2D eigenvalue weighted by Crippen LogP contribution is 2.29. The number of methoxy groups -OCH3 is 3. The van der Waals surface area contributed by atoms with Crippen LogP contribution in [0.5, 0.6) is 0 Å². The topological polar surface area (TPSA) is 111 Å². The second-order valence-electron chi connectivity index (χ2n) is 9.88. The molecule has 0 aliphatic carbocycles. The highest BCUT2D eigenvalue weighted by Gasteiger charge is 2.42. The monoisotopic (exact) mass is 485 g/mol. The summed E-state index contributed by atoms with van der Waals surface area (Å²) < 4.78 is 16.4. The highest BCUT2D eigenvalue weighted by atomic mass is 16.5. The van der Waals surface area contributed by atoms with Crippen molar-refractivity contribution in [2.75, 3.05) is 34.9 Å². The number of hydrogen-bond donors (Lipinski definition) is 1. The van der Waals surface area contributed by atoms with E-state index in [1.54, 1.807) is 38.0 Å². The van der Waals surface area contributed by atoms with Crippen molar-refractivity contribution in [3.05, 3.63) is 0 Å². The molecule has 2 N–H and O–H groups in total. The van der Waals surface area contributed by atoms with Gasteiger partial charge in [-0.05, 0) is 31.6 Å². The predicted octanol–water partition coefficient (Wildman–Crippen LogP) is 2.06. The van der Waals surface area contributed by atoms with Crippen LogP contribution in [0.15, 0.2) is 0 Å². The van der Waals surface area contributed by atoms with Crippen molar-refractivity contribution in [1.29, 1.82) is 0 Å². The van der Waals surface area contributed by atoms with E-state index in [2.05, 4.69) is 13.8 Å². The maximum atomic E-state index is 13.5. The van der Waals surface area contributed by atoms with Gasteiger partial charge in [0.2, 0.25) is 11.8 Å². The summed E-state index contributed by atoms with van der Waals surface area (Å²) in [5.41, 5.74) is 6.15. The molecular weight excluding hydrogens is 438 g/mol. The largest absolute Gasteiger partial charge is 0.469 e. The minimum absolute atomic E-state index is 0.00305. The molecule has 1 aliphatic heterocycles. The van der Waals surface area contributed by atoms with Gasteiger partial charge >= 0.3 is 5.97 Å². The molecule has 0 radical (unpaired) electrons. The van der Waals surface area contributed by atoms with Gasteiger partial charge in [0.1, 0.15) is 0 Å². The summed E-state index contributed by atoms with van der Waals surface area (Å²) in [7, 11) is 6.23. The molecule has 1 fully saturated rings. The molecule has 2 amide bonds. The molecule has 1 aliphatic rings. The van der Waals surface area contributed by atoms with Crippen LogP contribution in [0.4, 0.5) is 0 Å². The van der Waals surface area contributed by atoms with Gasteiger partial charge in [-0.1, -0.05) is 34.1 Å². The van der Waals surface area contributed by atoms with Crippen molar-refractivity contribution in [1.82, 2.24) is 9.80 Å². The number of rotatable bonds is 13. The van der Waals surface area contributed by atoms with Crippen molar-refractivity contribution in [3.8, 4) is 0 Å². The zero-order valence-corrected chi connectivity index (χ0v) is 22.6. The molecule has 1 saturated heterocycles. The quantitative estimate of drug-likeness (QED) is 0.398. The predicted molar refractivity (Wildman–Crippen MR) is 131 cm³/mol. The molecular formula is C25H47N3O6. The van der Waals surface area contributed by atoms with Gasteiger partial charge in [0.15, 0.2) is 0 Å². The summed E-state index contributed by atoms with van der Waals surface area (Å²) in [5, 5.41) is 0. The van der Waals surface area contributed by atoms with E-state index in [1.165, 1.54) is 7.11 Å². The zero-order chi connectivity index (χ0) is 26.2. The van der Waals surface area contributed by atoms with Crippen LogP contribution in [0.2, 0.25) is 0 Å². The van der Waals surface area contributed by atoms with Crippen LogP contribution in [-0.4, -0.2) is 92.8 Å². The number of carbonyl (C=O) groups is 3. The molecule has 0 aromatic heterocycles. The summed E-state index contributed by atoms with van der Waals surface area (Å²) in [6, 6.07) is -1.14. The van der Waals surface area contributed by atoms with Crippen LogP contribution in [-0.2, 0) is 28.6 Å². The summed E-state index contributed by atoms with van der Waals surface area (Å²) >= 11 is 0. The van der Waals surface area contributed by atoms with E-state index < -0.39 is 24.2 Å². The van der Waals surface area contributed by atoms with Crippen LogP contribution in [0.25, 0.3) is 0 Å². The Balaban J connectivity index is 3.11. The van der Waals surface area contributed by atoms with Gasteiger partial charge in [-0.15, -0.1) is 0 Å². The SMILES string of the molecule is CC[C@H](C)[C@@H]([C@@H](CC(=O)N1CCCC1C(OC)C(C)C(=O)OC)OC)N(C)C(=O)C(N)C(C)C. The van der Waals surface area contributed by atoms with Crippen molar-refractivity contribution < 1.29 is 28.6 Å². The minimum Gasteiger partial charge on any atom is -0.469 e. The van der Waals surface area contributed by atoms with Gasteiger partial charge in [0.05, 0.1) is 49.8 Å². The van der Waals surface area contributed by atoms with Crippen LogP contribution >= 0.6 is 0 Å². The number of amides is 2. The zero-order valence-electron chi connectivity index (χ0n) is 22.6. The molecule has 1 rings (SSSR count). The summed E-state index contributed by atoms with van der Waals surface area (Å²) in [6.07, 6.45) is 1.58. The van der Waals surface area contributed by atoms with Crippen molar-refractivity contribution in [3.63, 3.8) is 0 Å². The van der Waals surface area contributed by atoms with Crippen LogP contribution in [0.1, 0.15) is 60.3 Å². The van der Waals surface area contributed by atoms with Crippen molar-refractivity contribution >= 4 is 17.8 Å². The van der Waals surface area contributed by atoms with E-state index in [1.807, 2.05) is 13.8 Å². The molecule has 0 bridgehead atoms. The lowest BCUT2D eigenvalue weighted by Crippen LogP contribution is -2.56. The Morgan fingerprint density at radius 3 is 2.18 bits per heavy atom. The maximum Gasteiger partial charge on any atom is 0.311 e. The molecule has 0 aromatic rings. The second-order valence-corrected chi connectivity index (χ2v) is 9.88. The summed E-state index contributed by atoms with van der Waals surface area (Å²) in [6.45, 7) is 10.3. The fourth-order valence-corrected chi connectivity index (χ4v) is 5.00. The first-order chi connectivity index (χ1) is 16.0. The van der Waals surface area contributed by atoms with Gasteiger partial charge in [-0.2, -0.15) is 0 Å². The number of esters is 1. The van der Waals surface area contributed by atoms with Gasteiger partial charge in [-0.3, -0.25) is 14.4 Å². The van der Waals surface area contributed by atoms with Crippen LogP contribution in [0.3, 0.4) is 0 Å². The Morgan fingerprint density at radius 1 is 1.09 bits per heavy atom. The first-order valence-electron chi connectivity index (χ1n) is 12.4. The molecule has 1 heterocycles. The standard InChI is InChI=1S/C25H47N3O6/c1-10-16(4)22(27(6)24(30)21(26)15(2)3)19(32-7)14-20(29)28-13-11-12-18(28)23(33-8)17(5)25(31)34-9/h15-19,21-23H,10-14,26H2,1-9H3/t16-,17?,18?,19+,21?,22-,23?/m0/s1. The first kappa shape index (κ1) is 30.3. The number of hydrogen-bond acceptors (Lipinski definition) is 7. The number of ether oxygens (including phenoxy) is 3. The van der Waals surface area contributed by atoms with E-state index in [9.17, 15) is 14.4 Å². The van der Waals surface area contributed by atoms with Crippen LogP contribution < -0.4 is 5.73 Å². The van der Waals surface area contributed by atoms with E-state index in [0.717, 1.165) is 19.3 Å². The normalized spacial score (nSPS) is 21.5. The third-order valence-electron chi connectivity index (χ3n) is 7.42. The lowest BCUT2D eigenvalue weighted by atomic mass is 9.89. The van der Waals surface area contributed by atoms with E-state index >= 15 is 0 Å². The Hall–Kier alpha value is -1.71. The Bertz CT molecular complexity index is 673. The number of likely N-dealkylation sites (tertiary alicyclic amines) is 1. The lowest BCUT2D eigenvalue weighted by molar-refractivity contribution is -0.154. The molecule has 0 spiro atoms. The Morgan fingerprint density at radius 2 is 1.71 bits per heavy atom. The summed E-state index contributed by atoms with van der Waals surface area (Å²) in [5.74, 6) is -0.981. The smallest absolute Gasteiger partial charge is 0.311 e. The Labute approximate surface area is 205 Å². The molecule has 198 valence electrons. The molecule has 0 aromatic carbocycles. The molecule has 7 atom stereocenters. The second kappa shape index (κ2) is 14.0. The number of carbonyl (C=O) groups excluding carboxylic acids is 3. The van der Waals surface area contributed by atoms with Crippen LogP contribution in [0, 0.1) is 17.8 Å². The lowest BCUT2D eigenvalue weighted by Gasteiger charge is -2.40. The molecule has 0 saturated carbocycles. The average molecular weight is 486 g/mol. The molecule has 34 heavy (non-hydrogen) atoms. The Kier molecular flexibility index (Phi) is 12.5. The van der Waals surface area contributed by atoms with E-state index in [4.69, 9.17) is 19.9 Å². The van der Waals surface area contributed by atoms with E-state index in [-0.39, 0.29) is 48.1 Å². The van der Waals surface area contributed by atoms with Gasteiger partial charge < -0.3 is 29.7 Å². The first-order valence-corrected chi connectivity index (χ1v) is 12.4. The fraction of sp³-hybridized carbons (Fsp3) is 0.880. The number of nitrogens with two attached hydrogens (primary N) is 1. The molecule has 4 unspecified atom stereocenters. The summed E-state index contributed by atoms with van der Waals surface area (Å²) in [4.78, 5) is 42.2. The fourth-order valence-electron chi connectivity index (χ4n) is 5.00. The maximum absolute atomic E-state index is 13.5. The van der Waals surface area contributed by atoms with Crippen molar-refractivity contribution in [2.45, 2.75) is 90.6 Å². The van der Waals surface area contributed by atoms with Gasteiger partial charge in [0, 0.05) is 27.8 Å². The van der Waals surface area contributed by atoms with Gasteiger partial charge in [-0.25, -0.2) is 0 Å². The average Bonchev–Trinajstić information content (AvgIpc) is 3.31. The van der Waals surface area contributed by atoms with Crippen molar-refractivity contribution in [2.24, 2.45) is 23.5 Å². The highest BCUT2D eigenvalue weighted by molar-refractivity contribution is 5.82. The third kappa shape index (κ3) is 7.15. The van der Waals surface area contributed by atoms with E-state index in [0.29, 0.717) is 6.54 Å². The molecule has 9 nitrogen and oxygen atoms in total. The molecule has 9 heteroatoms. The number of nitrogens with zero attached hydrogens (tertiary/aromatic N) is 2. The third-order valence-corrected chi connectivity index (χ3v) is 7.42.